The zero-order valence-corrected chi connectivity index (χ0v) is 7.34. The van der Waals surface area contributed by atoms with Crippen molar-refractivity contribution in [2.24, 2.45) is 11.8 Å². The fraction of sp³-hybridized carbons (Fsp3) is 0.889. The molecule has 62 valence electrons. The Morgan fingerprint density at radius 2 is 2.09 bits per heavy atom. The standard InChI is InChI=1S/C9H16NO/c1-7(11)9-3-4-10(2)5-8(9)6-10/h8-9H,3-6H2,1-2H3/q+1. The summed E-state index contributed by atoms with van der Waals surface area (Å²) in [6, 6.07) is 0. The van der Waals surface area contributed by atoms with Crippen LogP contribution in [0.4, 0.5) is 0 Å². The van der Waals surface area contributed by atoms with Crippen LogP contribution in [0.15, 0.2) is 0 Å². The second-order valence-electron chi connectivity index (χ2n) is 4.47. The minimum Gasteiger partial charge on any atom is -0.325 e. The zero-order chi connectivity index (χ0) is 8.06. The molecule has 2 bridgehead atoms. The van der Waals surface area contributed by atoms with Gasteiger partial charge in [0.25, 0.3) is 0 Å². The number of piperidine rings is 2. The largest absolute Gasteiger partial charge is 0.325 e. The van der Waals surface area contributed by atoms with E-state index in [2.05, 4.69) is 7.05 Å². The van der Waals surface area contributed by atoms with E-state index in [1.54, 1.807) is 6.92 Å². The molecule has 1 atom stereocenters. The lowest BCUT2D eigenvalue weighted by Crippen LogP contribution is -2.68. The van der Waals surface area contributed by atoms with Gasteiger partial charge in [-0.25, -0.2) is 0 Å². The van der Waals surface area contributed by atoms with E-state index in [-0.39, 0.29) is 0 Å². The lowest BCUT2D eigenvalue weighted by Gasteiger charge is -2.54. The number of carbonyl (C=O) groups excluding carboxylic acids is 1. The van der Waals surface area contributed by atoms with Crippen LogP contribution in [-0.4, -0.2) is 36.9 Å². The molecule has 0 radical (unpaired) electrons. The van der Waals surface area contributed by atoms with E-state index in [0.29, 0.717) is 11.7 Å². The summed E-state index contributed by atoms with van der Waals surface area (Å²) < 4.78 is 1.23. The highest BCUT2D eigenvalue weighted by Gasteiger charge is 2.50. The summed E-state index contributed by atoms with van der Waals surface area (Å²) in [5.41, 5.74) is 0. The Labute approximate surface area is 67.8 Å². The average Bonchev–Trinajstić information content (AvgIpc) is 1.85. The van der Waals surface area contributed by atoms with Gasteiger partial charge in [-0.1, -0.05) is 0 Å². The van der Waals surface area contributed by atoms with Gasteiger partial charge in [0.15, 0.2) is 0 Å². The van der Waals surface area contributed by atoms with Crippen LogP contribution >= 0.6 is 0 Å². The Morgan fingerprint density at radius 3 is 2.45 bits per heavy atom. The molecule has 3 aliphatic heterocycles. The first-order valence-electron chi connectivity index (χ1n) is 4.45. The lowest BCUT2D eigenvalue weighted by atomic mass is 9.75. The molecule has 0 amide bonds. The average molecular weight is 154 g/mol. The summed E-state index contributed by atoms with van der Waals surface area (Å²) in [4.78, 5) is 11.1. The van der Waals surface area contributed by atoms with Crippen molar-refractivity contribution in [3.8, 4) is 0 Å². The van der Waals surface area contributed by atoms with Gasteiger partial charge >= 0.3 is 0 Å². The molecule has 0 aliphatic carbocycles. The normalized spacial score (nSPS) is 48.2. The molecule has 3 heterocycles. The lowest BCUT2D eigenvalue weighted by molar-refractivity contribution is -0.966. The maximum absolute atomic E-state index is 11.1. The fourth-order valence-corrected chi connectivity index (χ4v) is 2.74. The number of nitrogens with zero attached hydrogens (tertiary/aromatic N) is 1. The maximum atomic E-state index is 11.1. The quantitative estimate of drug-likeness (QED) is 0.507. The molecule has 11 heavy (non-hydrogen) atoms. The van der Waals surface area contributed by atoms with E-state index in [1.165, 1.54) is 24.1 Å². The van der Waals surface area contributed by atoms with E-state index in [1.807, 2.05) is 0 Å². The van der Waals surface area contributed by atoms with Gasteiger partial charge in [0.1, 0.15) is 5.78 Å². The van der Waals surface area contributed by atoms with Crippen molar-refractivity contribution in [2.75, 3.05) is 26.7 Å². The highest BCUT2D eigenvalue weighted by atomic mass is 16.1. The molecule has 3 fully saturated rings. The summed E-state index contributed by atoms with van der Waals surface area (Å²) in [5, 5.41) is 0. The Balaban J connectivity index is 2.04. The van der Waals surface area contributed by atoms with Crippen molar-refractivity contribution < 1.29 is 9.28 Å². The number of quaternary nitrogens is 1. The molecule has 2 nitrogen and oxygen atoms in total. The second-order valence-corrected chi connectivity index (χ2v) is 4.47. The third-order valence-electron chi connectivity index (χ3n) is 3.42. The Morgan fingerprint density at radius 1 is 1.45 bits per heavy atom. The van der Waals surface area contributed by atoms with Gasteiger partial charge in [0.2, 0.25) is 0 Å². The highest BCUT2D eigenvalue weighted by molar-refractivity contribution is 5.78. The van der Waals surface area contributed by atoms with Gasteiger partial charge in [0.05, 0.1) is 32.6 Å². The summed E-state index contributed by atoms with van der Waals surface area (Å²) in [6.45, 7) is 5.48. The minimum atomic E-state index is 0.412. The second kappa shape index (κ2) is 2.07. The molecule has 3 rings (SSSR count). The van der Waals surface area contributed by atoms with Gasteiger partial charge in [-0.3, -0.25) is 4.79 Å². The minimum absolute atomic E-state index is 0.412. The monoisotopic (exact) mass is 154 g/mol. The molecule has 3 saturated heterocycles. The van der Waals surface area contributed by atoms with Gasteiger partial charge in [0, 0.05) is 12.3 Å². The molecule has 0 saturated carbocycles. The maximum Gasteiger partial charge on any atom is 0.133 e. The molecular formula is C9H16NO+. The van der Waals surface area contributed by atoms with E-state index < -0.39 is 0 Å². The van der Waals surface area contributed by atoms with Crippen LogP contribution in [-0.2, 0) is 4.79 Å². The van der Waals surface area contributed by atoms with Crippen LogP contribution in [0, 0.1) is 11.8 Å². The van der Waals surface area contributed by atoms with Crippen LogP contribution < -0.4 is 0 Å². The number of ketones is 1. The molecule has 2 heteroatoms. The van der Waals surface area contributed by atoms with Gasteiger partial charge in [-0.2, -0.15) is 0 Å². The Bertz CT molecular complexity index is 188. The van der Waals surface area contributed by atoms with Gasteiger partial charge in [-0.15, -0.1) is 0 Å². The van der Waals surface area contributed by atoms with Crippen LogP contribution in [0.2, 0.25) is 0 Å². The van der Waals surface area contributed by atoms with Crippen molar-refractivity contribution in [1.29, 1.82) is 0 Å². The number of carbonyl (C=O) groups is 1. The summed E-state index contributed by atoms with van der Waals surface area (Å²) >= 11 is 0. The van der Waals surface area contributed by atoms with Crippen molar-refractivity contribution in [1.82, 2.24) is 0 Å². The highest BCUT2D eigenvalue weighted by Crippen LogP contribution is 2.38. The van der Waals surface area contributed by atoms with Crippen molar-refractivity contribution in [2.45, 2.75) is 13.3 Å². The van der Waals surface area contributed by atoms with Crippen LogP contribution in [0.3, 0.4) is 0 Å². The smallest absolute Gasteiger partial charge is 0.133 e. The predicted octanol–water partition coefficient (Wildman–Crippen LogP) is 0.672. The van der Waals surface area contributed by atoms with Crippen molar-refractivity contribution in [3.05, 3.63) is 0 Å². The number of fused-ring (bicyclic) bond motifs is 2. The first-order valence-corrected chi connectivity index (χ1v) is 4.45. The number of Topliss-reactive ketones (excluding diaryl/α,β-unsaturated/α-hetero) is 1. The van der Waals surface area contributed by atoms with Crippen LogP contribution in [0.5, 0.6) is 0 Å². The third-order valence-corrected chi connectivity index (χ3v) is 3.42. The van der Waals surface area contributed by atoms with E-state index >= 15 is 0 Å². The molecular weight excluding hydrogens is 138 g/mol. The van der Waals surface area contributed by atoms with E-state index in [9.17, 15) is 4.79 Å². The Kier molecular flexibility index (Phi) is 1.37. The third kappa shape index (κ3) is 1.00. The first kappa shape index (κ1) is 7.29. The number of rotatable bonds is 1. The SMILES string of the molecule is CC(=O)C1CC[N+]2(C)CC1C2. The summed E-state index contributed by atoms with van der Waals surface area (Å²) in [7, 11) is 2.30. The van der Waals surface area contributed by atoms with Gasteiger partial charge < -0.3 is 4.48 Å². The molecule has 1 unspecified atom stereocenters. The van der Waals surface area contributed by atoms with E-state index in [4.69, 9.17) is 0 Å². The molecule has 0 aromatic heterocycles. The van der Waals surface area contributed by atoms with Gasteiger partial charge in [-0.05, 0) is 6.92 Å². The Hall–Kier alpha value is -0.370. The molecule has 0 aromatic carbocycles. The molecule has 0 spiro atoms. The van der Waals surface area contributed by atoms with Crippen LogP contribution in [0.1, 0.15) is 13.3 Å². The zero-order valence-electron chi connectivity index (χ0n) is 7.34. The van der Waals surface area contributed by atoms with Crippen molar-refractivity contribution >= 4 is 5.78 Å². The summed E-state index contributed by atoms with van der Waals surface area (Å²) in [5.74, 6) is 1.56. The van der Waals surface area contributed by atoms with Crippen molar-refractivity contribution in [3.63, 3.8) is 0 Å². The predicted molar refractivity (Wildman–Crippen MR) is 43.1 cm³/mol. The molecule has 0 N–H and O–H groups in total. The number of hydrogen-bond donors (Lipinski definition) is 0. The number of hydrogen-bond acceptors (Lipinski definition) is 1. The molecule has 0 aromatic rings. The fourth-order valence-electron chi connectivity index (χ4n) is 2.74. The topological polar surface area (TPSA) is 17.1 Å². The molecule has 3 aliphatic rings. The first-order chi connectivity index (χ1) is 5.11. The summed E-state index contributed by atoms with van der Waals surface area (Å²) in [6.07, 6.45) is 1.14. The van der Waals surface area contributed by atoms with Crippen LogP contribution in [0.25, 0.3) is 0 Å². The van der Waals surface area contributed by atoms with E-state index in [0.717, 1.165) is 12.3 Å².